The van der Waals surface area contributed by atoms with E-state index in [2.05, 4.69) is 0 Å². The van der Waals surface area contributed by atoms with Crippen molar-refractivity contribution >= 4 is 5.97 Å². The molecule has 0 aromatic heterocycles. The van der Waals surface area contributed by atoms with Gasteiger partial charge < -0.3 is 10.8 Å². The van der Waals surface area contributed by atoms with Gasteiger partial charge in [-0.1, -0.05) is 0 Å². The zero-order chi connectivity index (χ0) is 9.07. The molecule has 0 radical (unpaired) electrons. The van der Waals surface area contributed by atoms with E-state index in [0.29, 0.717) is 6.92 Å². The van der Waals surface area contributed by atoms with Crippen LogP contribution in [0.4, 0.5) is 8.78 Å². The number of carboxylic acids is 1. The van der Waals surface area contributed by atoms with Crippen molar-refractivity contribution in [1.82, 2.24) is 0 Å². The Balaban J connectivity index is 4.22. The number of carbonyl (C=O) groups is 1. The Bertz CT molecular complexity index is 144. The lowest BCUT2D eigenvalue weighted by Crippen LogP contribution is -2.33. The quantitative estimate of drug-likeness (QED) is 0.647. The van der Waals surface area contributed by atoms with Gasteiger partial charge in [0.1, 0.15) is 5.92 Å². The van der Waals surface area contributed by atoms with Gasteiger partial charge in [-0.15, -0.1) is 0 Å². The summed E-state index contributed by atoms with van der Waals surface area (Å²) in [6.07, 6.45) is -0.196. The summed E-state index contributed by atoms with van der Waals surface area (Å²) in [7, 11) is 0. The third kappa shape index (κ3) is 3.27. The second-order valence-corrected chi connectivity index (χ2v) is 2.42. The summed E-state index contributed by atoms with van der Waals surface area (Å²) in [4.78, 5) is 10.2. The number of nitrogens with two attached hydrogens (primary N) is 1. The van der Waals surface area contributed by atoms with Crippen LogP contribution in [-0.4, -0.2) is 23.5 Å². The summed E-state index contributed by atoms with van der Waals surface area (Å²) in [5.41, 5.74) is 4.97. The predicted molar refractivity (Wildman–Crippen MR) is 35.4 cm³/mol. The highest BCUT2D eigenvalue weighted by Gasteiger charge is 2.38. The van der Waals surface area contributed by atoms with Crippen LogP contribution in [-0.2, 0) is 4.79 Å². The molecule has 11 heavy (non-hydrogen) atoms. The van der Waals surface area contributed by atoms with Crippen molar-refractivity contribution < 1.29 is 18.7 Å². The monoisotopic (exact) mass is 167 g/mol. The molecule has 0 aliphatic carbocycles. The van der Waals surface area contributed by atoms with Crippen LogP contribution in [0.2, 0.25) is 0 Å². The van der Waals surface area contributed by atoms with Gasteiger partial charge in [0.15, 0.2) is 0 Å². The Kier molecular flexibility index (Phi) is 3.38. The molecule has 0 rings (SSSR count). The molecule has 1 unspecified atom stereocenters. The Morgan fingerprint density at radius 3 is 2.27 bits per heavy atom. The van der Waals surface area contributed by atoms with Crippen LogP contribution in [0.1, 0.15) is 13.3 Å². The van der Waals surface area contributed by atoms with E-state index >= 15 is 0 Å². The molecule has 0 spiro atoms. The molecular weight excluding hydrogens is 156 g/mol. The molecule has 0 saturated carbocycles. The van der Waals surface area contributed by atoms with E-state index in [-0.39, 0.29) is 13.0 Å². The molecule has 66 valence electrons. The number of carboxylic acid groups (broad SMARTS) is 1. The maximum absolute atomic E-state index is 12.4. The van der Waals surface area contributed by atoms with E-state index in [4.69, 9.17) is 10.8 Å². The summed E-state index contributed by atoms with van der Waals surface area (Å²) in [6.45, 7) is 0.543. The molecule has 5 heteroatoms. The van der Waals surface area contributed by atoms with Crippen molar-refractivity contribution in [3.05, 3.63) is 0 Å². The van der Waals surface area contributed by atoms with Crippen molar-refractivity contribution in [3.63, 3.8) is 0 Å². The summed E-state index contributed by atoms with van der Waals surface area (Å²) >= 11 is 0. The molecule has 0 aromatic carbocycles. The topological polar surface area (TPSA) is 63.3 Å². The first-order valence-corrected chi connectivity index (χ1v) is 3.20. The first-order chi connectivity index (χ1) is 4.89. The molecule has 0 heterocycles. The van der Waals surface area contributed by atoms with Crippen LogP contribution < -0.4 is 5.73 Å². The maximum Gasteiger partial charge on any atom is 0.312 e. The minimum absolute atomic E-state index is 0.0413. The van der Waals surface area contributed by atoms with Gasteiger partial charge in [-0.25, -0.2) is 8.78 Å². The van der Waals surface area contributed by atoms with Crippen molar-refractivity contribution in [2.24, 2.45) is 11.7 Å². The molecule has 0 saturated heterocycles. The Morgan fingerprint density at radius 2 is 2.18 bits per heavy atom. The normalized spacial score (nSPS) is 14.5. The summed E-state index contributed by atoms with van der Waals surface area (Å²) < 4.78 is 24.8. The smallest absolute Gasteiger partial charge is 0.312 e. The van der Waals surface area contributed by atoms with Gasteiger partial charge in [0.25, 0.3) is 5.92 Å². The molecular formula is C6H11F2NO2. The number of alkyl halides is 2. The van der Waals surface area contributed by atoms with Crippen molar-refractivity contribution in [3.8, 4) is 0 Å². The van der Waals surface area contributed by atoms with Crippen LogP contribution >= 0.6 is 0 Å². The van der Waals surface area contributed by atoms with E-state index in [1.54, 1.807) is 0 Å². The highest BCUT2D eigenvalue weighted by Crippen LogP contribution is 2.26. The van der Waals surface area contributed by atoms with Crippen molar-refractivity contribution in [1.29, 1.82) is 0 Å². The van der Waals surface area contributed by atoms with Crippen molar-refractivity contribution in [2.45, 2.75) is 19.3 Å². The van der Waals surface area contributed by atoms with Gasteiger partial charge in [-0.3, -0.25) is 4.79 Å². The second kappa shape index (κ2) is 3.61. The van der Waals surface area contributed by atoms with Gasteiger partial charge in [-0.2, -0.15) is 0 Å². The van der Waals surface area contributed by atoms with Gasteiger partial charge in [0.05, 0.1) is 0 Å². The minimum atomic E-state index is -3.19. The first-order valence-electron chi connectivity index (χ1n) is 3.20. The van der Waals surface area contributed by atoms with Crippen molar-refractivity contribution in [2.75, 3.05) is 6.54 Å². The molecule has 3 nitrogen and oxygen atoms in total. The predicted octanol–water partition coefficient (Wildman–Crippen LogP) is 0.691. The fraction of sp³-hybridized carbons (Fsp3) is 0.833. The molecule has 0 aliphatic rings. The minimum Gasteiger partial charge on any atom is -0.481 e. The lowest BCUT2D eigenvalue weighted by molar-refractivity contribution is -0.155. The first kappa shape index (κ1) is 10.3. The zero-order valence-corrected chi connectivity index (χ0v) is 6.18. The fourth-order valence-electron chi connectivity index (χ4n) is 0.760. The van der Waals surface area contributed by atoms with Crippen LogP contribution in [0.15, 0.2) is 0 Å². The lowest BCUT2D eigenvalue weighted by atomic mass is 9.99. The SMILES string of the molecule is CC(F)(F)C(CCN)C(=O)O. The highest BCUT2D eigenvalue weighted by molar-refractivity contribution is 5.71. The fourth-order valence-corrected chi connectivity index (χ4v) is 0.760. The molecule has 0 fully saturated rings. The Labute approximate surface area is 63.2 Å². The summed E-state index contributed by atoms with van der Waals surface area (Å²) in [5.74, 6) is -6.35. The van der Waals surface area contributed by atoms with E-state index in [9.17, 15) is 13.6 Å². The third-order valence-corrected chi connectivity index (χ3v) is 1.37. The largest absolute Gasteiger partial charge is 0.481 e. The third-order valence-electron chi connectivity index (χ3n) is 1.37. The number of aliphatic carboxylic acids is 1. The van der Waals surface area contributed by atoms with Gasteiger partial charge in [0.2, 0.25) is 0 Å². The van der Waals surface area contributed by atoms with Gasteiger partial charge in [0, 0.05) is 6.92 Å². The lowest BCUT2D eigenvalue weighted by Gasteiger charge is -2.18. The molecule has 0 aromatic rings. The van der Waals surface area contributed by atoms with E-state index in [1.807, 2.05) is 0 Å². The Hall–Kier alpha value is -0.710. The standard InChI is InChI=1S/C6H11F2NO2/c1-6(7,8)4(2-3-9)5(10)11/h4H,2-3,9H2,1H3,(H,10,11). The number of hydrogen-bond acceptors (Lipinski definition) is 2. The Morgan fingerprint density at radius 1 is 1.73 bits per heavy atom. The average Bonchev–Trinajstić information content (AvgIpc) is 1.79. The van der Waals surface area contributed by atoms with Gasteiger partial charge >= 0.3 is 5.97 Å². The van der Waals surface area contributed by atoms with Gasteiger partial charge in [-0.05, 0) is 13.0 Å². The van der Waals surface area contributed by atoms with E-state index in [0.717, 1.165) is 0 Å². The van der Waals surface area contributed by atoms with Crippen LogP contribution in [0, 0.1) is 5.92 Å². The van der Waals surface area contributed by atoms with E-state index in [1.165, 1.54) is 0 Å². The summed E-state index contributed by atoms with van der Waals surface area (Å²) in [5, 5.41) is 8.30. The average molecular weight is 167 g/mol. The van der Waals surface area contributed by atoms with Crippen LogP contribution in [0.3, 0.4) is 0 Å². The molecule has 1 atom stereocenters. The highest BCUT2D eigenvalue weighted by atomic mass is 19.3. The van der Waals surface area contributed by atoms with E-state index < -0.39 is 17.8 Å². The maximum atomic E-state index is 12.4. The zero-order valence-electron chi connectivity index (χ0n) is 6.18. The number of hydrogen-bond donors (Lipinski definition) is 2. The number of rotatable bonds is 4. The molecule has 3 N–H and O–H groups in total. The summed E-state index contributed by atoms with van der Waals surface area (Å²) in [6, 6.07) is 0. The number of halogens is 2. The molecule has 0 aliphatic heterocycles. The van der Waals surface area contributed by atoms with Crippen LogP contribution in [0.5, 0.6) is 0 Å². The molecule has 0 amide bonds. The molecule has 0 bridgehead atoms. The second-order valence-electron chi connectivity index (χ2n) is 2.42. The van der Waals surface area contributed by atoms with Crippen LogP contribution in [0.25, 0.3) is 0 Å².